The fraction of sp³-hybridized carbons (Fsp3) is 0.300. The van der Waals surface area contributed by atoms with E-state index >= 15 is 0 Å². The predicted octanol–water partition coefficient (Wildman–Crippen LogP) is 0.116. The van der Waals surface area contributed by atoms with Gasteiger partial charge in [-0.25, -0.2) is 13.6 Å². The summed E-state index contributed by atoms with van der Waals surface area (Å²) in [7, 11) is -3.46. The molecule has 5 nitrogen and oxygen atoms in total. The zero-order valence-electron chi connectivity index (χ0n) is 8.68. The maximum absolute atomic E-state index is 10.8. The Morgan fingerprint density at radius 1 is 1.38 bits per heavy atom. The Labute approximate surface area is 94.4 Å². The number of amidine groups is 1. The Hall–Kier alpha value is -1.40. The fourth-order valence-electron chi connectivity index (χ4n) is 1.77. The molecule has 1 heterocycles. The van der Waals surface area contributed by atoms with Crippen molar-refractivity contribution in [1.82, 2.24) is 4.90 Å². The van der Waals surface area contributed by atoms with Gasteiger partial charge < -0.3 is 4.90 Å². The lowest BCUT2D eigenvalue weighted by atomic mass is 10.1. The Bertz CT molecular complexity index is 525. The van der Waals surface area contributed by atoms with Crippen molar-refractivity contribution < 1.29 is 8.42 Å². The van der Waals surface area contributed by atoms with Crippen LogP contribution in [0, 0.1) is 5.41 Å². The minimum atomic E-state index is -3.46. The molecule has 2 rings (SSSR count). The van der Waals surface area contributed by atoms with Crippen molar-refractivity contribution in [2.45, 2.75) is 6.54 Å². The van der Waals surface area contributed by atoms with Crippen molar-refractivity contribution >= 4 is 15.9 Å². The molecule has 0 radical (unpaired) electrons. The maximum Gasteiger partial charge on any atom is 0.210 e. The average molecular weight is 239 g/mol. The second kappa shape index (κ2) is 3.88. The Balaban J connectivity index is 2.11. The SMILES string of the molecule is N=C1c2ccccc2CN1CCS(N)(=O)=O. The van der Waals surface area contributed by atoms with Crippen molar-refractivity contribution in [3.63, 3.8) is 0 Å². The molecule has 0 atom stereocenters. The maximum atomic E-state index is 10.8. The Kier molecular flexibility index (Phi) is 2.69. The van der Waals surface area contributed by atoms with E-state index in [1.807, 2.05) is 24.3 Å². The van der Waals surface area contributed by atoms with E-state index in [4.69, 9.17) is 10.5 Å². The van der Waals surface area contributed by atoms with Crippen LogP contribution in [0.15, 0.2) is 24.3 Å². The number of nitrogens with zero attached hydrogens (tertiary/aromatic N) is 1. The molecular weight excluding hydrogens is 226 g/mol. The average Bonchev–Trinajstić information content (AvgIpc) is 2.53. The van der Waals surface area contributed by atoms with Gasteiger partial charge in [0.25, 0.3) is 0 Å². The van der Waals surface area contributed by atoms with E-state index in [1.54, 1.807) is 4.90 Å². The smallest absolute Gasteiger partial charge is 0.210 e. The first kappa shape index (κ1) is 11.1. The third-order valence-corrected chi connectivity index (χ3v) is 3.35. The van der Waals surface area contributed by atoms with Crippen LogP contribution in [0.5, 0.6) is 0 Å². The molecule has 0 aromatic heterocycles. The quantitative estimate of drug-likeness (QED) is 0.785. The first-order chi connectivity index (χ1) is 7.47. The molecule has 6 heteroatoms. The molecule has 0 fully saturated rings. The third-order valence-electron chi connectivity index (χ3n) is 2.60. The largest absolute Gasteiger partial charge is 0.351 e. The summed E-state index contributed by atoms with van der Waals surface area (Å²) in [5, 5.41) is 12.8. The Morgan fingerprint density at radius 2 is 2.06 bits per heavy atom. The molecule has 0 saturated carbocycles. The molecule has 1 aromatic carbocycles. The van der Waals surface area contributed by atoms with Gasteiger partial charge in [0, 0.05) is 18.7 Å². The van der Waals surface area contributed by atoms with Gasteiger partial charge in [-0.3, -0.25) is 5.41 Å². The highest BCUT2D eigenvalue weighted by molar-refractivity contribution is 7.89. The molecule has 0 saturated heterocycles. The zero-order valence-corrected chi connectivity index (χ0v) is 9.50. The Morgan fingerprint density at radius 3 is 2.69 bits per heavy atom. The second-order valence-corrected chi connectivity index (χ2v) is 5.53. The van der Waals surface area contributed by atoms with Crippen LogP contribution in [0.4, 0.5) is 0 Å². The van der Waals surface area contributed by atoms with Crippen LogP contribution in [0.2, 0.25) is 0 Å². The van der Waals surface area contributed by atoms with E-state index in [-0.39, 0.29) is 12.3 Å². The van der Waals surface area contributed by atoms with Crippen molar-refractivity contribution in [3.05, 3.63) is 35.4 Å². The van der Waals surface area contributed by atoms with E-state index in [0.717, 1.165) is 11.1 Å². The van der Waals surface area contributed by atoms with Gasteiger partial charge in [-0.1, -0.05) is 24.3 Å². The lowest BCUT2D eigenvalue weighted by Gasteiger charge is -2.16. The predicted molar refractivity (Wildman–Crippen MR) is 61.7 cm³/mol. The van der Waals surface area contributed by atoms with Crippen LogP contribution in [0.3, 0.4) is 0 Å². The number of benzene rings is 1. The number of nitrogens with one attached hydrogen (secondary N) is 1. The summed E-state index contributed by atoms with van der Waals surface area (Å²) in [4.78, 5) is 1.72. The summed E-state index contributed by atoms with van der Waals surface area (Å²) in [5.41, 5.74) is 1.93. The molecule has 0 bridgehead atoms. The van der Waals surface area contributed by atoms with Crippen LogP contribution in [-0.2, 0) is 16.6 Å². The highest BCUT2D eigenvalue weighted by Gasteiger charge is 2.23. The molecule has 3 N–H and O–H groups in total. The summed E-state index contributed by atoms with van der Waals surface area (Å²) in [5.74, 6) is 0.253. The number of rotatable bonds is 3. The van der Waals surface area contributed by atoms with Gasteiger partial charge in [0.2, 0.25) is 10.0 Å². The normalized spacial score (nSPS) is 15.3. The van der Waals surface area contributed by atoms with Gasteiger partial charge in [-0.2, -0.15) is 0 Å². The van der Waals surface area contributed by atoms with E-state index in [1.165, 1.54) is 0 Å². The van der Waals surface area contributed by atoms with E-state index in [2.05, 4.69) is 0 Å². The molecule has 1 aromatic rings. The van der Waals surface area contributed by atoms with Crippen LogP contribution in [0.1, 0.15) is 11.1 Å². The third kappa shape index (κ3) is 2.23. The number of sulfonamides is 1. The number of fused-ring (bicyclic) bond motifs is 1. The molecule has 1 aliphatic heterocycles. The topological polar surface area (TPSA) is 87.2 Å². The minimum absolute atomic E-state index is 0.122. The van der Waals surface area contributed by atoms with E-state index in [0.29, 0.717) is 12.4 Å². The summed E-state index contributed by atoms with van der Waals surface area (Å²) >= 11 is 0. The van der Waals surface area contributed by atoms with Crippen LogP contribution < -0.4 is 5.14 Å². The zero-order chi connectivity index (χ0) is 11.8. The van der Waals surface area contributed by atoms with Crippen molar-refractivity contribution in [1.29, 1.82) is 5.41 Å². The molecule has 0 amide bonds. The lowest BCUT2D eigenvalue weighted by Crippen LogP contribution is -2.32. The molecule has 1 aliphatic rings. The summed E-state index contributed by atoms with van der Waals surface area (Å²) in [6.07, 6.45) is 0. The molecule has 86 valence electrons. The van der Waals surface area contributed by atoms with E-state index in [9.17, 15) is 8.42 Å². The molecule has 0 unspecified atom stereocenters. The van der Waals surface area contributed by atoms with Gasteiger partial charge in [0.1, 0.15) is 5.84 Å². The number of hydrogen-bond donors (Lipinski definition) is 2. The summed E-state index contributed by atoms with van der Waals surface area (Å²) < 4.78 is 21.7. The van der Waals surface area contributed by atoms with Crippen LogP contribution in [-0.4, -0.2) is 31.5 Å². The molecule has 0 aliphatic carbocycles. The van der Waals surface area contributed by atoms with Gasteiger partial charge in [-0.05, 0) is 5.56 Å². The number of hydrogen-bond acceptors (Lipinski definition) is 3. The monoisotopic (exact) mass is 239 g/mol. The van der Waals surface area contributed by atoms with Crippen molar-refractivity contribution in [3.8, 4) is 0 Å². The number of nitrogens with two attached hydrogens (primary N) is 1. The first-order valence-corrected chi connectivity index (χ1v) is 6.61. The van der Waals surface area contributed by atoms with Crippen molar-refractivity contribution in [2.75, 3.05) is 12.3 Å². The second-order valence-electron chi connectivity index (χ2n) is 3.79. The molecular formula is C10H13N3O2S. The van der Waals surface area contributed by atoms with Gasteiger partial charge in [0.15, 0.2) is 0 Å². The first-order valence-electron chi connectivity index (χ1n) is 4.89. The summed E-state index contributed by atoms with van der Waals surface area (Å²) in [6.45, 7) is 0.858. The van der Waals surface area contributed by atoms with Gasteiger partial charge in [0.05, 0.1) is 5.75 Å². The number of primary sulfonamides is 1. The van der Waals surface area contributed by atoms with Crippen molar-refractivity contribution in [2.24, 2.45) is 5.14 Å². The molecule has 0 spiro atoms. The molecule has 16 heavy (non-hydrogen) atoms. The van der Waals surface area contributed by atoms with E-state index < -0.39 is 10.0 Å². The highest BCUT2D eigenvalue weighted by Crippen LogP contribution is 2.21. The lowest BCUT2D eigenvalue weighted by molar-refractivity contribution is 0.450. The minimum Gasteiger partial charge on any atom is -0.351 e. The van der Waals surface area contributed by atoms with Crippen LogP contribution >= 0.6 is 0 Å². The van der Waals surface area contributed by atoms with Crippen LogP contribution in [0.25, 0.3) is 0 Å². The van der Waals surface area contributed by atoms with Gasteiger partial charge in [-0.15, -0.1) is 0 Å². The summed E-state index contributed by atoms with van der Waals surface area (Å²) in [6, 6.07) is 7.60. The van der Waals surface area contributed by atoms with Gasteiger partial charge >= 0.3 is 0 Å². The standard InChI is InChI=1S/C10H13N3O2S/c11-10-9-4-2-1-3-8(9)7-13(10)5-6-16(12,14)15/h1-4,11H,5-7H2,(H2,12,14,15). The highest BCUT2D eigenvalue weighted by atomic mass is 32.2. The fourth-order valence-corrected chi connectivity index (χ4v) is 2.25.